The van der Waals surface area contributed by atoms with Crippen molar-refractivity contribution in [1.82, 2.24) is 0 Å². The Hall–Kier alpha value is -0.920. The molecule has 0 spiro atoms. The van der Waals surface area contributed by atoms with Crippen LogP contribution in [0.1, 0.15) is 22.9 Å². The van der Waals surface area contributed by atoms with E-state index in [1.54, 1.807) is 6.92 Å². The molecule has 1 heterocycles. The standard InChI is InChI=1S/C13H11BrF6O/c1-6-4-8-5-7(2-3-9(8)21-6)10(14)11(12(15,16)17)13(18,19)20/h2-3,5-6,10-11H,4H2,1H3. The van der Waals surface area contributed by atoms with Crippen LogP contribution in [0.25, 0.3) is 0 Å². The highest BCUT2D eigenvalue weighted by Crippen LogP contribution is 2.50. The van der Waals surface area contributed by atoms with Crippen LogP contribution in [0.3, 0.4) is 0 Å². The van der Waals surface area contributed by atoms with Crippen molar-refractivity contribution in [2.45, 2.75) is 36.6 Å². The lowest BCUT2D eigenvalue weighted by Gasteiger charge is -2.27. The normalized spacial score (nSPS) is 20.3. The second-order valence-corrected chi connectivity index (χ2v) is 5.95. The molecule has 1 aromatic carbocycles. The maximum Gasteiger partial charge on any atom is 0.401 e. The molecule has 0 bridgehead atoms. The molecule has 1 aliphatic heterocycles. The Morgan fingerprint density at radius 3 is 2.24 bits per heavy atom. The van der Waals surface area contributed by atoms with E-state index in [0.29, 0.717) is 17.7 Å². The van der Waals surface area contributed by atoms with Crippen LogP contribution in [-0.4, -0.2) is 18.5 Å². The predicted molar refractivity (Wildman–Crippen MR) is 67.5 cm³/mol. The monoisotopic (exact) mass is 376 g/mol. The Morgan fingerprint density at radius 2 is 1.71 bits per heavy atom. The van der Waals surface area contributed by atoms with E-state index >= 15 is 0 Å². The number of fused-ring (bicyclic) bond motifs is 1. The van der Waals surface area contributed by atoms with E-state index in [1.807, 2.05) is 0 Å². The van der Waals surface area contributed by atoms with Gasteiger partial charge in [-0.05, 0) is 24.1 Å². The fraction of sp³-hybridized carbons (Fsp3) is 0.538. The van der Waals surface area contributed by atoms with Crippen LogP contribution in [0.5, 0.6) is 5.75 Å². The SMILES string of the molecule is CC1Cc2cc(C(Br)C(C(F)(F)F)C(F)(F)F)ccc2O1. The van der Waals surface area contributed by atoms with Gasteiger partial charge in [0.2, 0.25) is 0 Å². The van der Waals surface area contributed by atoms with Crippen LogP contribution in [-0.2, 0) is 6.42 Å². The summed E-state index contributed by atoms with van der Waals surface area (Å²) in [5.74, 6) is -2.95. The lowest BCUT2D eigenvalue weighted by Crippen LogP contribution is -2.39. The van der Waals surface area contributed by atoms with Crippen LogP contribution < -0.4 is 4.74 Å². The van der Waals surface area contributed by atoms with Gasteiger partial charge in [-0.25, -0.2) is 0 Å². The summed E-state index contributed by atoms with van der Waals surface area (Å²) in [5.41, 5.74) is 0.554. The maximum atomic E-state index is 12.7. The molecule has 0 saturated carbocycles. The Balaban J connectivity index is 2.34. The van der Waals surface area contributed by atoms with Crippen molar-refractivity contribution < 1.29 is 31.1 Å². The highest BCUT2D eigenvalue weighted by Gasteiger charge is 2.60. The zero-order chi connectivity index (χ0) is 16.0. The summed E-state index contributed by atoms with van der Waals surface area (Å²) in [7, 11) is 0. The molecule has 2 atom stereocenters. The second-order valence-electron chi connectivity index (χ2n) is 4.96. The van der Waals surface area contributed by atoms with Gasteiger partial charge < -0.3 is 4.74 Å². The summed E-state index contributed by atoms with van der Waals surface area (Å²) in [6.45, 7) is 1.78. The number of ether oxygens (including phenoxy) is 1. The van der Waals surface area contributed by atoms with E-state index in [2.05, 4.69) is 15.9 Å². The van der Waals surface area contributed by atoms with Crippen LogP contribution in [0.4, 0.5) is 26.3 Å². The topological polar surface area (TPSA) is 9.23 Å². The summed E-state index contributed by atoms with van der Waals surface area (Å²) in [4.78, 5) is -1.89. The number of alkyl halides is 7. The Labute approximate surface area is 125 Å². The average Bonchev–Trinajstić information content (AvgIpc) is 2.63. The molecule has 0 N–H and O–H groups in total. The van der Waals surface area contributed by atoms with E-state index in [-0.39, 0.29) is 11.7 Å². The largest absolute Gasteiger partial charge is 0.490 e. The predicted octanol–water partition coefficient (Wildman–Crippen LogP) is 5.19. The first-order valence-electron chi connectivity index (χ1n) is 6.07. The zero-order valence-corrected chi connectivity index (χ0v) is 12.3. The number of halogens is 7. The third kappa shape index (κ3) is 3.46. The van der Waals surface area contributed by atoms with E-state index < -0.39 is 23.1 Å². The third-order valence-corrected chi connectivity index (χ3v) is 4.29. The molecule has 0 fully saturated rings. The van der Waals surface area contributed by atoms with Crippen molar-refractivity contribution in [3.8, 4) is 5.75 Å². The van der Waals surface area contributed by atoms with E-state index in [9.17, 15) is 26.3 Å². The van der Waals surface area contributed by atoms with Gasteiger partial charge in [-0.3, -0.25) is 0 Å². The van der Waals surface area contributed by atoms with E-state index in [1.165, 1.54) is 18.2 Å². The molecule has 0 radical (unpaired) electrons. The van der Waals surface area contributed by atoms with Crippen LogP contribution in [0.2, 0.25) is 0 Å². The third-order valence-electron chi connectivity index (χ3n) is 3.24. The summed E-state index contributed by atoms with van der Waals surface area (Å²) >= 11 is 2.57. The molecule has 0 aromatic heterocycles. The quantitative estimate of drug-likeness (QED) is 0.510. The van der Waals surface area contributed by atoms with Gasteiger partial charge in [0.25, 0.3) is 0 Å². The van der Waals surface area contributed by atoms with E-state index in [4.69, 9.17) is 4.74 Å². The Kier molecular flexibility index (Phi) is 4.21. The molecule has 0 aliphatic carbocycles. The Morgan fingerprint density at radius 1 is 1.14 bits per heavy atom. The molecule has 0 saturated heterocycles. The maximum absolute atomic E-state index is 12.7. The molecular formula is C13H11BrF6O. The van der Waals surface area contributed by atoms with E-state index in [0.717, 1.165) is 0 Å². The summed E-state index contributed by atoms with van der Waals surface area (Å²) in [5, 5.41) is 0. The van der Waals surface area contributed by atoms with Gasteiger partial charge in [0.05, 0.1) is 4.83 Å². The van der Waals surface area contributed by atoms with Crippen molar-refractivity contribution in [2.75, 3.05) is 0 Å². The first-order valence-corrected chi connectivity index (χ1v) is 6.98. The van der Waals surface area contributed by atoms with Gasteiger partial charge in [-0.15, -0.1) is 0 Å². The highest BCUT2D eigenvalue weighted by atomic mass is 79.9. The molecule has 1 nitrogen and oxygen atoms in total. The van der Waals surface area contributed by atoms with Gasteiger partial charge in [0.1, 0.15) is 11.9 Å². The van der Waals surface area contributed by atoms with Crippen LogP contribution >= 0.6 is 15.9 Å². The first kappa shape index (κ1) is 16.5. The fourth-order valence-corrected chi connectivity index (χ4v) is 3.21. The minimum absolute atomic E-state index is 0.0638. The van der Waals surface area contributed by atoms with Crippen molar-refractivity contribution in [2.24, 2.45) is 5.92 Å². The molecule has 2 unspecified atom stereocenters. The van der Waals surface area contributed by atoms with Crippen molar-refractivity contribution in [3.05, 3.63) is 29.3 Å². The van der Waals surface area contributed by atoms with Crippen molar-refractivity contribution in [1.29, 1.82) is 0 Å². The van der Waals surface area contributed by atoms with Crippen molar-refractivity contribution >= 4 is 15.9 Å². The minimum Gasteiger partial charge on any atom is -0.490 e. The molecule has 21 heavy (non-hydrogen) atoms. The van der Waals surface area contributed by atoms with Crippen LogP contribution in [0, 0.1) is 5.92 Å². The van der Waals surface area contributed by atoms with Gasteiger partial charge in [-0.2, -0.15) is 26.3 Å². The van der Waals surface area contributed by atoms with Gasteiger partial charge >= 0.3 is 12.4 Å². The summed E-state index contributed by atoms with van der Waals surface area (Å²) in [6, 6.07) is 3.97. The molecule has 0 amide bonds. The van der Waals surface area contributed by atoms with Gasteiger partial charge in [-0.1, -0.05) is 28.1 Å². The van der Waals surface area contributed by atoms with Crippen LogP contribution in [0.15, 0.2) is 18.2 Å². The summed E-state index contributed by atoms with van der Waals surface area (Å²) < 4.78 is 81.7. The zero-order valence-electron chi connectivity index (χ0n) is 10.7. The average molecular weight is 377 g/mol. The highest BCUT2D eigenvalue weighted by molar-refractivity contribution is 9.09. The number of hydrogen-bond donors (Lipinski definition) is 0. The molecule has 1 aliphatic rings. The lowest BCUT2D eigenvalue weighted by molar-refractivity contribution is -0.283. The van der Waals surface area contributed by atoms with Gasteiger partial charge in [0, 0.05) is 6.42 Å². The number of benzene rings is 1. The lowest BCUT2D eigenvalue weighted by atomic mass is 9.96. The molecule has 118 valence electrons. The fourth-order valence-electron chi connectivity index (χ4n) is 2.32. The number of hydrogen-bond acceptors (Lipinski definition) is 1. The minimum atomic E-state index is -5.38. The molecule has 2 rings (SSSR count). The summed E-state index contributed by atoms with van der Waals surface area (Å²) in [6.07, 6.45) is -10.4. The molecule has 8 heteroatoms. The molecular weight excluding hydrogens is 366 g/mol. The number of rotatable bonds is 2. The smallest absolute Gasteiger partial charge is 0.401 e. The van der Waals surface area contributed by atoms with Gasteiger partial charge in [0.15, 0.2) is 5.92 Å². The first-order chi connectivity index (χ1) is 9.50. The Bertz CT molecular complexity index is 510. The molecule has 1 aromatic rings. The van der Waals surface area contributed by atoms with Crippen molar-refractivity contribution in [3.63, 3.8) is 0 Å². The second kappa shape index (κ2) is 5.37.